The molecule has 5 aliphatic rings. The summed E-state index contributed by atoms with van der Waals surface area (Å²) < 4.78 is 13.0. The van der Waals surface area contributed by atoms with Gasteiger partial charge < -0.3 is 30.5 Å². The predicted octanol–water partition coefficient (Wildman–Crippen LogP) is 2.66. The minimum Gasteiger partial charge on any atom is -0.399 e. The van der Waals surface area contributed by atoms with Crippen LogP contribution < -0.4 is 5.73 Å². The molecule has 0 spiro atoms. The van der Waals surface area contributed by atoms with Gasteiger partial charge in [0.1, 0.15) is 6.61 Å². The molecule has 0 radical (unpaired) electrons. The van der Waals surface area contributed by atoms with Gasteiger partial charge >= 0.3 is 0 Å². The van der Waals surface area contributed by atoms with Crippen LogP contribution in [-0.2, 0) is 14.3 Å². The number of benzene rings is 1. The number of anilines is 1. The quantitative estimate of drug-likeness (QED) is 0.387. The maximum atomic E-state index is 13.5. The first-order valence-electron chi connectivity index (χ1n) is 12.7. The number of ether oxygens (including phenoxy) is 2. The molecule has 10 atom stereocenters. The zero-order valence-electron chi connectivity index (χ0n) is 20.3. The molecule has 7 nitrogen and oxygen atoms in total. The molecule has 4 aliphatic carbocycles. The number of aliphatic hydroxyl groups is 3. The summed E-state index contributed by atoms with van der Waals surface area (Å²) in [6, 6.07) is 7.23. The standard InChI is InChI=1S/C28H35NO6/c1-26-10-9-18(31)11-16(26)5-8-19-20-12-23-28(22(33)14-30,27(20,2)13-21(32)24(19)26)35-25(34-23)15-3-6-17(29)7-4-15/h3-4,6-7,9-11,18-21,23-25,30-32H,5,8,12-14,29H2,1-2H3/t18?,19-,20-,21-,23+,24+,25-,26-,27-,28+/m0/s1. The number of carbonyl (C=O) groups excluding carboxylic acids is 1. The Morgan fingerprint density at radius 1 is 1.20 bits per heavy atom. The summed E-state index contributed by atoms with van der Waals surface area (Å²) in [4.78, 5) is 13.5. The molecule has 1 saturated heterocycles. The van der Waals surface area contributed by atoms with E-state index in [0.29, 0.717) is 18.5 Å². The van der Waals surface area contributed by atoms with Crippen LogP contribution in [-0.4, -0.2) is 51.6 Å². The van der Waals surface area contributed by atoms with Crippen LogP contribution in [0.1, 0.15) is 51.4 Å². The Morgan fingerprint density at radius 2 is 1.94 bits per heavy atom. The van der Waals surface area contributed by atoms with Crippen molar-refractivity contribution in [1.29, 1.82) is 0 Å². The van der Waals surface area contributed by atoms with Crippen LogP contribution in [0.3, 0.4) is 0 Å². The van der Waals surface area contributed by atoms with Crippen LogP contribution in [0.4, 0.5) is 5.69 Å². The third-order valence-corrected chi connectivity index (χ3v) is 10.1. The number of nitrogen functional groups attached to an aromatic ring is 1. The van der Waals surface area contributed by atoms with Crippen molar-refractivity contribution >= 4 is 11.5 Å². The van der Waals surface area contributed by atoms with Crippen molar-refractivity contribution < 1.29 is 29.6 Å². The normalized spacial score (nSPS) is 47.9. The summed E-state index contributed by atoms with van der Waals surface area (Å²) in [7, 11) is 0. The summed E-state index contributed by atoms with van der Waals surface area (Å²) in [5, 5.41) is 31.9. The van der Waals surface area contributed by atoms with Gasteiger partial charge in [-0.3, -0.25) is 4.79 Å². The average molecular weight is 482 g/mol. The second kappa shape index (κ2) is 7.73. The number of ketones is 1. The molecule has 5 N–H and O–H groups in total. The van der Waals surface area contributed by atoms with Crippen LogP contribution in [0.25, 0.3) is 0 Å². The lowest BCUT2D eigenvalue weighted by Crippen LogP contribution is -2.63. The summed E-state index contributed by atoms with van der Waals surface area (Å²) in [5.41, 5.74) is 6.10. The van der Waals surface area contributed by atoms with Gasteiger partial charge in [-0.1, -0.05) is 49.8 Å². The zero-order valence-corrected chi connectivity index (χ0v) is 20.3. The Bertz CT molecular complexity index is 1100. The van der Waals surface area contributed by atoms with Crippen LogP contribution in [0.2, 0.25) is 0 Å². The minimum absolute atomic E-state index is 0.0164. The minimum atomic E-state index is -1.32. The molecule has 4 fully saturated rings. The molecule has 3 saturated carbocycles. The molecular weight excluding hydrogens is 446 g/mol. The monoisotopic (exact) mass is 481 g/mol. The number of carbonyl (C=O) groups is 1. The second-order valence-corrected chi connectivity index (χ2v) is 11.6. The van der Waals surface area contributed by atoms with Gasteiger partial charge in [-0.05, 0) is 49.7 Å². The van der Waals surface area contributed by atoms with Crippen LogP contribution >= 0.6 is 0 Å². The van der Waals surface area contributed by atoms with Gasteiger partial charge in [0.05, 0.1) is 18.3 Å². The highest BCUT2D eigenvalue weighted by Gasteiger charge is 2.75. The highest BCUT2D eigenvalue weighted by Crippen LogP contribution is 2.70. The number of allylic oxidation sites excluding steroid dienone is 2. The third-order valence-electron chi connectivity index (χ3n) is 10.1. The Kier molecular flexibility index (Phi) is 5.16. The van der Waals surface area contributed by atoms with Gasteiger partial charge in [0, 0.05) is 28.0 Å². The molecule has 188 valence electrons. The van der Waals surface area contributed by atoms with Crippen molar-refractivity contribution in [2.45, 2.75) is 69.7 Å². The molecule has 6 rings (SSSR count). The van der Waals surface area contributed by atoms with Crippen molar-refractivity contribution in [2.24, 2.45) is 28.6 Å². The summed E-state index contributed by atoms with van der Waals surface area (Å²) in [5.74, 6) is -0.124. The van der Waals surface area contributed by atoms with E-state index in [1.165, 1.54) is 5.57 Å². The van der Waals surface area contributed by atoms with Gasteiger partial charge in [-0.2, -0.15) is 0 Å². The number of hydrogen-bond acceptors (Lipinski definition) is 7. The van der Waals surface area contributed by atoms with Crippen molar-refractivity contribution in [3.05, 3.63) is 53.6 Å². The molecule has 35 heavy (non-hydrogen) atoms. The van der Waals surface area contributed by atoms with Crippen molar-refractivity contribution in [3.63, 3.8) is 0 Å². The molecule has 1 heterocycles. The predicted molar refractivity (Wildman–Crippen MR) is 129 cm³/mol. The van der Waals surface area contributed by atoms with Crippen molar-refractivity contribution in [3.8, 4) is 0 Å². The Hall–Kier alpha value is -2.03. The van der Waals surface area contributed by atoms with Crippen LogP contribution in [0, 0.1) is 28.6 Å². The van der Waals surface area contributed by atoms with E-state index in [9.17, 15) is 20.1 Å². The number of fused-ring (bicyclic) bond motifs is 7. The van der Waals surface area contributed by atoms with E-state index < -0.39 is 42.2 Å². The molecule has 1 aromatic rings. The highest BCUT2D eigenvalue weighted by atomic mass is 16.7. The van der Waals surface area contributed by atoms with E-state index in [-0.39, 0.29) is 29.0 Å². The summed E-state index contributed by atoms with van der Waals surface area (Å²) in [6.07, 6.45) is 6.10. The Morgan fingerprint density at radius 3 is 2.66 bits per heavy atom. The summed E-state index contributed by atoms with van der Waals surface area (Å²) in [6.45, 7) is 3.58. The molecule has 0 amide bonds. The van der Waals surface area contributed by atoms with Gasteiger partial charge in [0.15, 0.2) is 17.7 Å². The van der Waals surface area contributed by atoms with E-state index >= 15 is 0 Å². The van der Waals surface area contributed by atoms with E-state index in [2.05, 4.69) is 13.0 Å². The first-order chi connectivity index (χ1) is 16.6. The SMILES string of the molecule is C[C@]12C=CC(O)C=C1CC[C@@H]1[C@@H]2[C@@H](O)C[C@@]2(C)[C@H]1C[C@H]1O[C@H](c3ccc(N)cc3)O[C@]12C(=O)CO. The molecule has 1 unspecified atom stereocenters. The number of nitrogens with two attached hydrogens (primary N) is 1. The third kappa shape index (κ3) is 2.99. The second-order valence-electron chi connectivity index (χ2n) is 11.6. The zero-order chi connectivity index (χ0) is 24.8. The smallest absolute Gasteiger partial charge is 0.193 e. The van der Waals surface area contributed by atoms with Gasteiger partial charge in [0.2, 0.25) is 0 Å². The molecule has 1 aliphatic heterocycles. The largest absolute Gasteiger partial charge is 0.399 e. The Labute approximate surface area is 205 Å². The lowest BCUT2D eigenvalue weighted by molar-refractivity contribution is -0.201. The van der Waals surface area contributed by atoms with E-state index in [1.54, 1.807) is 12.1 Å². The maximum Gasteiger partial charge on any atom is 0.193 e. The number of Topliss-reactive ketones (excluding diaryl/α,β-unsaturated/α-hetero) is 1. The first kappa shape index (κ1) is 23.4. The van der Waals surface area contributed by atoms with Crippen LogP contribution in [0.5, 0.6) is 0 Å². The Balaban J connectivity index is 1.39. The number of rotatable bonds is 3. The molecule has 0 bridgehead atoms. The summed E-state index contributed by atoms with van der Waals surface area (Å²) >= 11 is 0. The van der Waals surface area contributed by atoms with Gasteiger partial charge in [-0.25, -0.2) is 0 Å². The fourth-order valence-corrected chi connectivity index (χ4v) is 8.61. The lowest BCUT2D eigenvalue weighted by Gasteiger charge is -2.60. The van der Waals surface area contributed by atoms with Gasteiger partial charge in [-0.15, -0.1) is 0 Å². The maximum absolute atomic E-state index is 13.5. The van der Waals surface area contributed by atoms with Gasteiger partial charge in [0.25, 0.3) is 0 Å². The topological polar surface area (TPSA) is 122 Å². The molecule has 7 heteroatoms. The fraction of sp³-hybridized carbons (Fsp3) is 0.607. The van der Waals surface area contributed by atoms with E-state index in [1.807, 2.05) is 31.2 Å². The highest BCUT2D eigenvalue weighted by molar-refractivity contribution is 5.91. The first-order valence-corrected chi connectivity index (χ1v) is 12.7. The average Bonchev–Trinajstić information content (AvgIpc) is 3.32. The molecule has 0 aromatic heterocycles. The number of aliphatic hydroxyl groups excluding tert-OH is 3. The van der Waals surface area contributed by atoms with E-state index in [4.69, 9.17) is 15.2 Å². The fourth-order valence-electron chi connectivity index (χ4n) is 8.61. The van der Waals surface area contributed by atoms with Crippen LogP contribution in [0.15, 0.2) is 48.1 Å². The molecule has 1 aromatic carbocycles. The lowest BCUT2D eigenvalue weighted by atomic mass is 9.46. The van der Waals surface area contributed by atoms with Crippen molar-refractivity contribution in [1.82, 2.24) is 0 Å². The number of hydrogen-bond donors (Lipinski definition) is 4. The van der Waals surface area contributed by atoms with Crippen molar-refractivity contribution in [2.75, 3.05) is 12.3 Å². The van der Waals surface area contributed by atoms with E-state index in [0.717, 1.165) is 18.4 Å². The molecular formula is C28H35NO6.